The molecule has 0 aromatic rings. The van der Waals surface area contributed by atoms with Crippen molar-refractivity contribution in [3.05, 3.63) is 12.2 Å². The lowest BCUT2D eigenvalue weighted by Gasteiger charge is -2.61. The van der Waals surface area contributed by atoms with Crippen LogP contribution in [0.2, 0.25) is 0 Å². The molecule has 0 spiro atoms. The number of rotatable bonds is 20. The molecule has 1 N–H and O–H groups in total. The molecule has 4 saturated carbocycles. The molecule has 9 atom stereocenters. The number of carbonyl (C=O) groups excluding carboxylic acids is 2. The lowest BCUT2D eigenvalue weighted by Crippen LogP contribution is -2.55. The molecule has 0 bridgehead atoms. The second-order valence-electron chi connectivity index (χ2n) is 17.5. The maximum atomic E-state index is 12.9. The molecule has 4 fully saturated rings. The van der Waals surface area contributed by atoms with Crippen LogP contribution in [0.15, 0.2) is 12.2 Å². The predicted octanol–water partition coefficient (Wildman–Crippen LogP) is 12.2. The van der Waals surface area contributed by atoms with Crippen molar-refractivity contribution in [3.63, 3.8) is 0 Å². The van der Waals surface area contributed by atoms with Crippen molar-refractivity contribution in [2.24, 2.45) is 46.3 Å². The first-order valence-corrected chi connectivity index (χ1v) is 20.6. The molecular weight excluding hydrogens is 562 g/mol. The summed E-state index contributed by atoms with van der Waals surface area (Å²) in [4.78, 5) is 24.6. The molecule has 1 amide bonds. The molecular formula is C43H75NO2. The molecule has 264 valence electrons. The van der Waals surface area contributed by atoms with Crippen LogP contribution in [0, 0.1) is 46.3 Å². The summed E-state index contributed by atoms with van der Waals surface area (Å²) in [6.45, 7) is 11.8. The van der Waals surface area contributed by atoms with Gasteiger partial charge in [-0.2, -0.15) is 0 Å². The van der Waals surface area contributed by atoms with Crippen LogP contribution in [0.3, 0.4) is 0 Å². The third kappa shape index (κ3) is 9.96. The van der Waals surface area contributed by atoms with Gasteiger partial charge in [-0.1, -0.05) is 91.2 Å². The number of carbonyl (C=O) groups is 2. The molecule has 4 aliphatic rings. The Bertz CT molecular complexity index is 956. The normalized spacial score (nSPS) is 34.5. The third-order valence-corrected chi connectivity index (χ3v) is 14.4. The zero-order chi connectivity index (χ0) is 33.0. The van der Waals surface area contributed by atoms with Crippen LogP contribution >= 0.6 is 0 Å². The van der Waals surface area contributed by atoms with Crippen molar-refractivity contribution in [2.75, 3.05) is 0 Å². The summed E-state index contributed by atoms with van der Waals surface area (Å²) >= 11 is 0. The maximum absolute atomic E-state index is 12.9. The molecule has 3 nitrogen and oxygen atoms in total. The Kier molecular flexibility index (Phi) is 15.2. The molecule has 0 aromatic heterocycles. The topological polar surface area (TPSA) is 46.2 Å². The van der Waals surface area contributed by atoms with Crippen LogP contribution in [0.5, 0.6) is 0 Å². The van der Waals surface area contributed by atoms with Gasteiger partial charge in [-0.25, -0.2) is 0 Å². The lowest BCUT2D eigenvalue weighted by atomic mass is 9.44. The van der Waals surface area contributed by atoms with Crippen LogP contribution in [0.4, 0.5) is 0 Å². The van der Waals surface area contributed by atoms with Crippen molar-refractivity contribution in [1.82, 2.24) is 5.32 Å². The second-order valence-corrected chi connectivity index (χ2v) is 17.5. The zero-order valence-corrected chi connectivity index (χ0v) is 31.2. The third-order valence-electron chi connectivity index (χ3n) is 14.4. The second kappa shape index (κ2) is 18.6. The fourth-order valence-corrected chi connectivity index (χ4v) is 11.7. The monoisotopic (exact) mass is 638 g/mol. The molecule has 0 saturated heterocycles. The molecule has 0 aromatic carbocycles. The predicted molar refractivity (Wildman–Crippen MR) is 196 cm³/mol. The van der Waals surface area contributed by atoms with Gasteiger partial charge in [0.15, 0.2) is 0 Å². The van der Waals surface area contributed by atoms with Crippen molar-refractivity contribution in [2.45, 2.75) is 201 Å². The van der Waals surface area contributed by atoms with Crippen molar-refractivity contribution >= 4 is 11.7 Å². The summed E-state index contributed by atoms with van der Waals surface area (Å²) in [6.07, 6.45) is 36.3. The fraction of sp³-hybridized carbons (Fsp3) is 0.907. The lowest BCUT2D eigenvalue weighted by molar-refractivity contribution is -0.128. The highest BCUT2D eigenvalue weighted by Gasteiger charge is 2.60. The largest absolute Gasteiger partial charge is 0.353 e. The van der Waals surface area contributed by atoms with Crippen LogP contribution in [-0.4, -0.2) is 17.7 Å². The van der Waals surface area contributed by atoms with E-state index in [-0.39, 0.29) is 0 Å². The molecule has 0 radical (unpaired) electrons. The summed E-state index contributed by atoms with van der Waals surface area (Å²) in [5.41, 5.74) is 0.947. The van der Waals surface area contributed by atoms with Crippen LogP contribution in [0.1, 0.15) is 195 Å². The minimum absolute atomic E-state index is 0.309. The summed E-state index contributed by atoms with van der Waals surface area (Å²) in [7, 11) is 0. The summed E-state index contributed by atoms with van der Waals surface area (Å²) < 4.78 is 0. The maximum Gasteiger partial charge on any atom is 0.220 e. The van der Waals surface area contributed by atoms with Gasteiger partial charge < -0.3 is 10.1 Å². The Balaban J connectivity index is 1.10. The highest BCUT2D eigenvalue weighted by molar-refractivity contribution is 5.76. The van der Waals surface area contributed by atoms with Gasteiger partial charge in [-0.15, -0.1) is 0 Å². The smallest absolute Gasteiger partial charge is 0.220 e. The van der Waals surface area contributed by atoms with Gasteiger partial charge in [0.1, 0.15) is 5.78 Å². The van der Waals surface area contributed by atoms with E-state index >= 15 is 0 Å². The van der Waals surface area contributed by atoms with Gasteiger partial charge in [-0.3, -0.25) is 4.79 Å². The van der Waals surface area contributed by atoms with Gasteiger partial charge in [-0.05, 0) is 150 Å². The van der Waals surface area contributed by atoms with Crippen LogP contribution in [-0.2, 0) is 9.59 Å². The molecule has 4 rings (SSSR count). The molecule has 0 heterocycles. The highest BCUT2D eigenvalue weighted by Crippen LogP contribution is 2.68. The molecule has 4 aliphatic carbocycles. The number of ketones is 1. The highest BCUT2D eigenvalue weighted by atomic mass is 16.1. The Morgan fingerprint density at radius 3 is 2.07 bits per heavy atom. The average Bonchev–Trinajstić information content (AvgIpc) is 3.39. The van der Waals surface area contributed by atoms with E-state index in [1.54, 1.807) is 6.92 Å². The molecule has 3 heteroatoms. The standard InChI is InChI=1S/C43H75NO2/c1-6-7-8-9-10-11-12-13-14-15-16-17-18-19-20-21-41(46)44-36-28-30-42(4)35(32-36)24-25-37-39-27-26-38(33(2)22-23-34(3)45)43(39,5)31-29-40(37)42/h13-14,33,35-40H,6-12,15-32H2,1-5H3,(H,44,46)/b14-13-/t33-,35?,36?,37?,38-,39?,40?,42?,43?/m1/s1. The number of hydrogen-bond donors (Lipinski definition) is 1. The Morgan fingerprint density at radius 2 is 1.37 bits per heavy atom. The van der Waals surface area contributed by atoms with Crippen LogP contribution in [0.25, 0.3) is 0 Å². The number of hydrogen-bond acceptors (Lipinski definition) is 2. The summed E-state index contributed by atoms with van der Waals surface area (Å²) in [5.74, 6) is 5.59. The minimum atomic E-state index is 0.309. The van der Waals surface area contributed by atoms with E-state index in [0.29, 0.717) is 40.9 Å². The zero-order valence-electron chi connectivity index (χ0n) is 31.2. The van der Waals surface area contributed by atoms with E-state index in [1.807, 2.05) is 0 Å². The van der Waals surface area contributed by atoms with Gasteiger partial charge in [0.25, 0.3) is 0 Å². The number of Topliss-reactive ketones (excluding diaryl/α,β-unsaturated/α-hetero) is 1. The van der Waals surface area contributed by atoms with E-state index in [0.717, 1.165) is 48.9 Å². The van der Waals surface area contributed by atoms with E-state index in [9.17, 15) is 9.59 Å². The van der Waals surface area contributed by atoms with Gasteiger partial charge in [0, 0.05) is 18.9 Å². The molecule has 7 unspecified atom stereocenters. The van der Waals surface area contributed by atoms with E-state index in [4.69, 9.17) is 0 Å². The number of amides is 1. The Hall–Kier alpha value is -1.12. The first-order chi connectivity index (χ1) is 22.2. The van der Waals surface area contributed by atoms with Gasteiger partial charge in [0.2, 0.25) is 5.91 Å². The fourth-order valence-electron chi connectivity index (χ4n) is 11.7. The van der Waals surface area contributed by atoms with E-state index < -0.39 is 0 Å². The SMILES string of the molecule is CCCCCCCC/C=C\CCCCCCCC(=O)NC1CCC2(C)C(CCC3C2CCC2(C)C3CC[C@@H]2[C@H](C)CCC(C)=O)C1. The number of nitrogens with one attached hydrogen (secondary N) is 1. The number of unbranched alkanes of at least 4 members (excludes halogenated alkanes) is 11. The van der Waals surface area contributed by atoms with Crippen LogP contribution < -0.4 is 5.32 Å². The first kappa shape index (κ1) is 37.7. The number of fused-ring (bicyclic) bond motifs is 5. The van der Waals surface area contributed by atoms with Gasteiger partial charge in [0.05, 0.1) is 0 Å². The number of allylic oxidation sites excluding steroid dienone is 2. The first-order valence-electron chi connectivity index (χ1n) is 20.6. The van der Waals surface area contributed by atoms with Gasteiger partial charge >= 0.3 is 0 Å². The average molecular weight is 638 g/mol. The summed E-state index contributed by atoms with van der Waals surface area (Å²) in [5, 5.41) is 3.50. The van der Waals surface area contributed by atoms with E-state index in [1.165, 1.54) is 135 Å². The Labute approximate surface area is 285 Å². The minimum Gasteiger partial charge on any atom is -0.353 e. The quantitative estimate of drug-likeness (QED) is 0.107. The molecule has 46 heavy (non-hydrogen) atoms. The Morgan fingerprint density at radius 1 is 0.739 bits per heavy atom. The van der Waals surface area contributed by atoms with Crippen molar-refractivity contribution in [3.8, 4) is 0 Å². The van der Waals surface area contributed by atoms with Crippen molar-refractivity contribution in [1.29, 1.82) is 0 Å². The summed E-state index contributed by atoms with van der Waals surface area (Å²) in [6, 6.07) is 0.400. The molecule has 0 aliphatic heterocycles. The van der Waals surface area contributed by atoms with Crippen molar-refractivity contribution < 1.29 is 9.59 Å². The van der Waals surface area contributed by atoms with E-state index in [2.05, 4.69) is 45.2 Å².